The first-order valence-corrected chi connectivity index (χ1v) is 10.3. The summed E-state index contributed by atoms with van der Waals surface area (Å²) in [4.78, 5) is 13.0. The van der Waals surface area contributed by atoms with E-state index < -0.39 is 0 Å². The normalized spacial score (nSPS) is 15.6. The first-order valence-electron chi connectivity index (χ1n) is 10.3. The van der Waals surface area contributed by atoms with Crippen LogP contribution in [0.4, 0.5) is 5.82 Å². The van der Waals surface area contributed by atoms with E-state index in [0.717, 1.165) is 37.1 Å². The van der Waals surface area contributed by atoms with Crippen LogP contribution in [0.5, 0.6) is 5.75 Å². The van der Waals surface area contributed by atoms with Crippen molar-refractivity contribution < 1.29 is 9.53 Å². The molecule has 0 radical (unpaired) electrons. The van der Waals surface area contributed by atoms with Crippen molar-refractivity contribution >= 4 is 11.7 Å². The number of amides is 1. The lowest BCUT2D eigenvalue weighted by molar-refractivity contribution is 0.102. The molecule has 1 N–H and O–H groups in total. The molecule has 1 heterocycles. The molecule has 1 atom stereocenters. The molecule has 1 aliphatic rings. The van der Waals surface area contributed by atoms with Crippen LogP contribution < -0.4 is 10.1 Å². The summed E-state index contributed by atoms with van der Waals surface area (Å²) in [5.41, 5.74) is 4.21. The molecule has 1 aliphatic carbocycles. The summed E-state index contributed by atoms with van der Waals surface area (Å²) < 4.78 is 7.64. The minimum Gasteiger partial charge on any atom is -0.494 e. The van der Waals surface area contributed by atoms with E-state index in [4.69, 9.17) is 4.74 Å². The maximum Gasteiger partial charge on any atom is 0.256 e. The predicted octanol–water partition coefficient (Wildman–Crippen LogP) is 5.16. The Morgan fingerprint density at radius 1 is 1.24 bits per heavy atom. The molecule has 3 aromatic rings. The molecule has 5 heteroatoms. The molecule has 0 saturated heterocycles. The van der Waals surface area contributed by atoms with E-state index in [1.165, 1.54) is 11.1 Å². The van der Waals surface area contributed by atoms with Crippen molar-refractivity contribution in [3.63, 3.8) is 0 Å². The molecule has 29 heavy (non-hydrogen) atoms. The second-order valence-electron chi connectivity index (χ2n) is 7.56. The van der Waals surface area contributed by atoms with Crippen LogP contribution in [0.3, 0.4) is 0 Å². The SMILES string of the molecule is CCCOc1cccc(C(=O)Nc2c(C)cnn2C2CCCc3ccccc32)c1. The smallest absolute Gasteiger partial charge is 0.256 e. The lowest BCUT2D eigenvalue weighted by atomic mass is 9.88. The molecule has 2 aromatic carbocycles. The Balaban J connectivity index is 1.60. The molecule has 1 unspecified atom stereocenters. The number of benzene rings is 2. The van der Waals surface area contributed by atoms with Crippen LogP contribution in [0.1, 0.15) is 59.3 Å². The number of hydrogen-bond donors (Lipinski definition) is 1. The Hall–Kier alpha value is -3.08. The van der Waals surface area contributed by atoms with Gasteiger partial charge in [0.15, 0.2) is 0 Å². The first-order chi connectivity index (χ1) is 14.2. The Labute approximate surface area is 171 Å². The van der Waals surface area contributed by atoms with Crippen LogP contribution in [-0.2, 0) is 6.42 Å². The van der Waals surface area contributed by atoms with E-state index in [1.54, 1.807) is 12.1 Å². The summed E-state index contributed by atoms with van der Waals surface area (Å²) in [6.07, 6.45) is 5.98. The number of nitrogens with zero attached hydrogens (tertiary/aromatic N) is 2. The van der Waals surface area contributed by atoms with Gasteiger partial charge in [0.1, 0.15) is 11.6 Å². The van der Waals surface area contributed by atoms with Gasteiger partial charge in [-0.05, 0) is 61.9 Å². The lowest BCUT2D eigenvalue weighted by Crippen LogP contribution is -2.22. The summed E-state index contributed by atoms with van der Waals surface area (Å²) >= 11 is 0. The molecule has 1 aromatic heterocycles. The Morgan fingerprint density at radius 2 is 2.10 bits per heavy atom. The molecule has 5 nitrogen and oxygen atoms in total. The van der Waals surface area contributed by atoms with Crippen molar-refractivity contribution in [3.05, 3.63) is 77.0 Å². The summed E-state index contributed by atoms with van der Waals surface area (Å²) in [6.45, 7) is 4.68. The van der Waals surface area contributed by atoms with Gasteiger partial charge >= 0.3 is 0 Å². The van der Waals surface area contributed by atoms with Gasteiger partial charge in [0.05, 0.1) is 18.8 Å². The van der Waals surface area contributed by atoms with Crippen LogP contribution in [0.25, 0.3) is 0 Å². The van der Waals surface area contributed by atoms with Crippen LogP contribution in [0.15, 0.2) is 54.7 Å². The Kier molecular flexibility index (Phi) is 5.65. The van der Waals surface area contributed by atoms with Crippen LogP contribution in [0, 0.1) is 6.92 Å². The molecule has 0 spiro atoms. The third-order valence-electron chi connectivity index (χ3n) is 5.41. The van der Waals surface area contributed by atoms with Gasteiger partial charge in [-0.1, -0.05) is 37.3 Å². The molecule has 4 rings (SSSR count). The highest BCUT2D eigenvalue weighted by Gasteiger charge is 2.25. The molecule has 1 amide bonds. The number of rotatable bonds is 6. The average Bonchev–Trinajstić information content (AvgIpc) is 3.12. The van der Waals surface area contributed by atoms with E-state index in [-0.39, 0.29) is 11.9 Å². The fourth-order valence-electron chi connectivity index (χ4n) is 3.95. The molecule has 0 bridgehead atoms. The van der Waals surface area contributed by atoms with Crippen molar-refractivity contribution in [3.8, 4) is 5.75 Å². The minimum atomic E-state index is -0.152. The van der Waals surface area contributed by atoms with Gasteiger partial charge in [0.25, 0.3) is 5.91 Å². The number of ether oxygens (including phenoxy) is 1. The fraction of sp³-hybridized carbons (Fsp3) is 0.333. The summed E-state index contributed by atoms with van der Waals surface area (Å²) in [6, 6.07) is 16.0. The highest BCUT2D eigenvalue weighted by molar-refractivity contribution is 6.04. The zero-order chi connectivity index (χ0) is 20.2. The van der Waals surface area contributed by atoms with E-state index in [0.29, 0.717) is 17.9 Å². The zero-order valence-electron chi connectivity index (χ0n) is 17.0. The number of hydrogen-bond acceptors (Lipinski definition) is 3. The Morgan fingerprint density at radius 3 is 2.97 bits per heavy atom. The van der Waals surface area contributed by atoms with E-state index in [1.807, 2.05) is 29.9 Å². The topological polar surface area (TPSA) is 56.1 Å². The number of carbonyl (C=O) groups is 1. The maximum absolute atomic E-state index is 13.0. The number of anilines is 1. The zero-order valence-corrected chi connectivity index (χ0v) is 17.0. The Bertz CT molecular complexity index is 1010. The van der Waals surface area contributed by atoms with Crippen LogP contribution in [0.2, 0.25) is 0 Å². The second kappa shape index (κ2) is 8.52. The monoisotopic (exact) mass is 389 g/mol. The number of aryl methyl sites for hydroxylation is 2. The second-order valence-corrected chi connectivity index (χ2v) is 7.56. The number of aromatic nitrogens is 2. The van der Waals surface area contributed by atoms with Crippen molar-refractivity contribution in [2.75, 3.05) is 11.9 Å². The minimum absolute atomic E-state index is 0.142. The quantitative estimate of drug-likeness (QED) is 0.634. The van der Waals surface area contributed by atoms with Crippen molar-refractivity contribution in [1.29, 1.82) is 0 Å². The molecule has 0 saturated carbocycles. The van der Waals surface area contributed by atoms with Crippen molar-refractivity contribution in [1.82, 2.24) is 9.78 Å². The van der Waals surface area contributed by atoms with Gasteiger partial charge in [0, 0.05) is 11.1 Å². The number of nitrogens with one attached hydrogen (secondary N) is 1. The van der Waals surface area contributed by atoms with Gasteiger partial charge in [0.2, 0.25) is 0 Å². The van der Waals surface area contributed by atoms with Gasteiger partial charge < -0.3 is 10.1 Å². The van der Waals surface area contributed by atoms with Crippen LogP contribution in [-0.4, -0.2) is 22.3 Å². The summed E-state index contributed by atoms with van der Waals surface area (Å²) in [7, 11) is 0. The molecule has 150 valence electrons. The number of fused-ring (bicyclic) bond motifs is 1. The highest BCUT2D eigenvalue weighted by Crippen LogP contribution is 2.35. The molecular formula is C24H27N3O2. The standard InChI is InChI=1S/C24H27N3O2/c1-3-14-29-20-11-6-10-19(15-20)24(28)26-23-17(2)16-25-27(23)22-13-7-9-18-8-4-5-12-21(18)22/h4-6,8,10-12,15-16,22H,3,7,9,13-14H2,1-2H3,(H,26,28). The van der Waals surface area contributed by atoms with Crippen LogP contribution >= 0.6 is 0 Å². The van der Waals surface area contributed by atoms with Gasteiger partial charge in [-0.2, -0.15) is 5.10 Å². The highest BCUT2D eigenvalue weighted by atomic mass is 16.5. The van der Waals surface area contributed by atoms with Crippen molar-refractivity contribution in [2.45, 2.75) is 45.6 Å². The third-order valence-corrected chi connectivity index (χ3v) is 5.41. The predicted molar refractivity (Wildman–Crippen MR) is 115 cm³/mol. The summed E-state index contributed by atoms with van der Waals surface area (Å²) in [5, 5.41) is 7.71. The fourth-order valence-corrected chi connectivity index (χ4v) is 3.95. The summed E-state index contributed by atoms with van der Waals surface area (Å²) in [5.74, 6) is 1.32. The largest absolute Gasteiger partial charge is 0.494 e. The maximum atomic E-state index is 13.0. The van der Waals surface area contributed by atoms with E-state index >= 15 is 0 Å². The van der Waals surface area contributed by atoms with E-state index in [2.05, 4.69) is 41.6 Å². The van der Waals surface area contributed by atoms with Gasteiger partial charge in [-0.15, -0.1) is 0 Å². The average molecular weight is 389 g/mol. The van der Waals surface area contributed by atoms with Crippen molar-refractivity contribution in [2.24, 2.45) is 0 Å². The number of carbonyl (C=O) groups excluding carboxylic acids is 1. The lowest BCUT2D eigenvalue weighted by Gasteiger charge is -2.27. The molecule has 0 fully saturated rings. The van der Waals surface area contributed by atoms with Gasteiger partial charge in [-0.3, -0.25) is 4.79 Å². The first kappa shape index (κ1) is 19.2. The molecular weight excluding hydrogens is 362 g/mol. The third kappa shape index (κ3) is 4.04. The van der Waals surface area contributed by atoms with Gasteiger partial charge in [-0.25, -0.2) is 4.68 Å². The van der Waals surface area contributed by atoms with E-state index in [9.17, 15) is 4.79 Å². The molecule has 0 aliphatic heterocycles.